The summed E-state index contributed by atoms with van der Waals surface area (Å²) in [4.78, 5) is 3.99. The lowest BCUT2D eigenvalue weighted by molar-refractivity contribution is 0.252. The van der Waals surface area contributed by atoms with Crippen LogP contribution in [0.1, 0.15) is 5.69 Å². The molecular weight excluding hydrogens is 340 g/mol. The summed E-state index contributed by atoms with van der Waals surface area (Å²) < 4.78 is 51.8. The maximum absolute atomic E-state index is 12.5. The van der Waals surface area contributed by atoms with Crippen LogP contribution in [-0.4, -0.2) is 19.2 Å². The predicted molar refractivity (Wildman–Crippen MR) is 80.4 cm³/mol. The van der Waals surface area contributed by atoms with E-state index in [1.807, 2.05) is 0 Å². The lowest BCUT2D eigenvalue weighted by Gasteiger charge is -2.11. The number of nitrogens with one attached hydrogen (secondary N) is 1. The maximum atomic E-state index is 12.5. The van der Waals surface area contributed by atoms with Crippen LogP contribution in [-0.2, 0) is 10.0 Å². The van der Waals surface area contributed by atoms with Gasteiger partial charge in [-0.05, 0) is 19.1 Å². The Morgan fingerprint density at radius 1 is 1.38 bits per heavy atom. The molecule has 0 bridgehead atoms. The first kappa shape index (κ1) is 16.0. The van der Waals surface area contributed by atoms with Crippen molar-refractivity contribution in [2.24, 2.45) is 0 Å². The summed E-state index contributed by atoms with van der Waals surface area (Å²) in [7, 11) is -3.91. The van der Waals surface area contributed by atoms with Crippen LogP contribution >= 0.6 is 23.1 Å². The molecule has 0 aliphatic heterocycles. The molecule has 0 spiro atoms. The van der Waals surface area contributed by atoms with Gasteiger partial charge in [0.2, 0.25) is 0 Å². The topological polar surface area (TPSA) is 85.1 Å². The van der Waals surface area contributed by atoms with E-state index in [2.05, 4.69) is 9.71 Å². The standard InChI is InChI=1S/C11H11F2N3O2S3/c1-6-9(20-11(14)15-6)21(17,18)16-7-4-2-3-5-8(7)19-10(12)13/h2-5,10,16H,1H3,(H2,14,15). The van der Waals surface area contributed by atoms with Crippen LogP contribution in [0.5, 0.6) is 0 Å². The highest BCUT2D eigenvalue weighted by Gasteiger charge is 2.23. The van der Waals surface area contributed by atoms with Gasteiger partial charge >= 0.3 is 0 Å². The van der Waals surface area contributed by atoms with E-state index >= 15 is 0 Å². The number of thiazole rings is 1. The number of rotatable bonds is 5. The zero-order chi connectivity index (χ0) is 15.6. The normalized spacial score (nSPS) is 11.8. The van der Waals surface area contributed by atoms with E-state index in [1.54, 1.807) is 12.1 Å². The summed E-state index contributed by atoms with van der Waals surface area (Å²) in [6.07, 6.45) is 0. The Morgan fingerprint density at radius 3 is 2.62 bits per heavy atom. The van der Waals surface area contributed by atoms with Crippen LogP contribution in [0, 0.1) is 6.92 Å². The molecule has 3 N–H and O–H groups in total. The van der Waals surface area contributed by atoms with E-state index < -0.39 is 15.8 Å². The number of hydrogen-bond acceptors (Lipinski definition) is 6. The molecule has 114 valence electrons. The van der Waals surface area contributed by atoms with Gasteiger partial charge in [0.15, 0.2) is 9.34 Å². The van der Waals surface area contributed by atoms with Gasteiger partial charge < -0.3 is 5.73 Å². The minimum atomic E-state index is -3.91. The van der Waals surface area contributed by atoms with E-state index in [4.69, 9.17) is 5.73 Å². The minimum Gasteiger partial charge on any atom is -0.375 e. The van der Waals surface area contributed by atoms with Gasteiger partial charge in [-0.15, -0.1) is 0 Å². The summed E-state index contributed by atoms with van der Waals surface area (Å²) in [6.45, 7) is 1.52. The lowest BCUT2D eigenvalue weighted by Crippen LogP contribution is -2.13. The molecule has 21 heavy (non-hydrogen) atoms. The Hall–Kier alpha value is -1.39. The fraction of sp³-hybridized carbons (Fsp3) is 0.182. The molecule has 0 saturated heterocycles. The number of hydrogen-bond donors (Lipinski definition) is 2. The number of nitrogens with two attached hydrogens (primary N) is 1. The highest BCUT2D eigenvalue weighted by atomic mass is 32.2. The summed E-state index contributed by atoms with van der Waals surface area (Å²) >= 11 is 1.09. The number of benzene rings is 1. The maximum Gasteiger partial charge on any atom is 0.288 e. The number of halogens is 2. The van der Waals surface area contributed by atoms with E-state index in [9.17, 15) is 17.2 Å². The second kappa shape index (κ2) is 6.16. The lowest BCUT2D eigenvalue weighted by atomic mass is 10.3. The molecule has 1 aromatic heterocycles. The van der Waals surface area contributed by atoms with Crippen molar-refractivity contribution >= 4 is 43.9 Å². The van der Waals surface area contributed by atoms with Crippen molar-refractivity contribution in [1.82, 2.24) is 4.98 Å². The molecule has 1 aromatic carbocycles. The molecule has 10 heteroatoms. The van der Waals surface area contributed by atoms with Crippen molar-refractivity contribution in [1.29, 1.82) is 0 Å². The number of aryl methyl sites for hydroxylation is 1. The second-order valence-electron chi connectivity index (χ2n) is 3.91. The third-order valence-electron chi connectivity index (χ3n) is 2.36. The van der Waals surface area contributed by atoms with Crippen molar-refractivity contribution in [3.8, 4) is 0 Å². The van der Waals surface area contributed by atoms with Crippen molar-refractivity contribution in [3.63, 3.8) is 0 Å². The smallest absolute Gasteiger partial charge is 0.288 e. The Balaban J connectivity index is 2.35. The van der Waals surface area contributed by atoms with Crippen molar-refractivity contribution in [3.05, 3.63) is 30.0 Å². The summed E-state index contributed by atoms with van der Waals surface area (Å²) in [6, 6.07) is 5.95. The molecule has 0 saturated carbocycles. The Bertz CT molecular complexity index is 747. The molecule has 0 aliphatic rings. The van der Waals surface area contributed by atoms with Crippen LogP contribution < -0.4 is 10.5 Å². The number of nitrogens with zero attached hydrogens (tertiary/aromatic N) is 1. The van der Waals surface area contributed by atoms with Crippen LogP contribution in [0.3, 0.4) is 0 Å². The van der Waals surface area contributed by atoms with E-state index in [-0.39, 0.29) is 37.4 Å². The van der Waals surface area contributed by atoms with Gasteiger partial charge in [-0.1, -0.05) is 35.2 Å². The molecule has 0 unspecified atom stereocenters. The molecule has 0 fully saturated rings. The molecular formula is C11H11F2N3O2S3. The second-order valence-corrected chi connectivity index (χ2v) is 7.85. The van der Waals surface area contributed by atoms with Crippen LogP contribution in [0.15, 0.2) is 33.4 Å². The number of alkyl halides is 2. The van der Waals surface area contributed by atoms with Crippen molar-refractivity contribution in [2.75, 3.05) is 10.5 Å². The molecule has 0 aliphatic carbocycles. The minimum absolute atomic E-state index is 0.0307. The fourth-order valence-electron chi connectivity index (χ4n) is 1.59. The van der Waals surface area contributed by atoms with Gasteiger partial charge in [0.1, 0.15) is 0 Å². The highest BCUT2D eigenvalue weighted by Crippen LogP contribution is 2.34. The van der Waals surface area contributed by atoms with E-state index in [0.29, 0.717) is 0 Å². The fourth-order valence-corrected chi connectivity index (χ4v) is 4.63. The number of para-hydroxylation sites is 1. The first-order chi connectivity index (χ1) is 9.79. The SMILES string of the molecule is Cc1nc(N)sc1S(=O)(=O)Nc1ccccc1SC(F)F. The van der Waals surface area contributed by atoms with Crippen molar-refractivity contribution in [2.45, 2.75) is 21.8 Å². The molecule has 2 rings (SSSR count). The van der Waals surface area contributed by atoms with Gasteiger partial charge in [-0.3, -0.25) is 4.72 Å². The zero-order valence-electron chi connectivity index (χ0n) is 10.7. The quantitative estimate of drug-likeness (QED) is 0.808. The Labute approximate surface area is 128 Å². The van der Waals surface area contributed by atoms with Gasteiger partial charge in [0.05, 0.1) is 11.4 Å². The predicted octanol–water partition coefficient (Wildman–Crippen LogP) is 3.15. The third-order valence-corrected chi connectivity index (χ3v) is 6.11. The Kier molecular flexibility index (Phi) is 4.69. The number of nitrogen functional groups attached to an aromatic ring is 1. The van der Waals surface area contributed by atoms with Crippen LogP contribution in [0.2, 0.25) is 0 Å². The van der Waals surface area contributed by atoms with Gasteiger partial charge in [0.25, 0.3) is 15.8 Å². The van der Waals surface area contributed by atoms with Crippen LogP contribution in [0.4, 0.5) is 19.6 Å². The molecule has 1 heterocycles. The van der Waals surface area contributed by atoms with E-state index in [0.717, 1.165) is 11.3 Å². The number of thioether (sulfide) groups is 1. The average molecular weight is 351 g/mol. The zero-order valence-corrected chi connectivity index (χ0v) is 13.2. The number of aromatic nitrogens is 1. The first-order valence-electron chi connectivity index (χ1n) is 5.59. The highest BCUT2D eigenvalue weighted by molar-refractivity contribution is 8.00. The van der Waals surface area contributed by atoms with Crippen LogP contribution in [0.25, 0.3) is 0 Å². The monoisotopic (exact) mass is 351 g/mol. The molecule has 5 nitrogen and oxygen atoms in total. The van der Waals surface area contributed by atoms with E-state index in [1.165, 1.54) is 19.1 Å². The first-order valence-corrected chi connectivity index (χ1v) is 8.77. The largest absolute Gasteiger partial charge is 0.375 e. The molecule has 0 atom stereocenters. The molecule has 0 amide bonds. The summed E-state index contributed by atoms with van der Waals surface area (Å²) in [5.74, 6) is -2.64. The summed E-state index contributed by atoms with van der Waals surface area (Å²) in [5, 5.41) is 0.128. The van der Waals surface area contributed by atoms with Crippen molar-refractivity contribution < 1.29 is 17.2 Å². The number of anilines is 2. The molecule has 2 aromatic rings. The third kappa shape index (κ3) is 3.83. The Morgan fingerprint density at radius 2 is 2.05 bits per heavy atom. The van der Waals surface area contributed by atoms with Gasteiger partial charge in [-0.25, -0.2) is 13.4 Å². The van der Waals surface area contributed by atoms with Gasteiger partial charge in [0, 0.05) is 4.90 Å². The number of sulfonamides is 1. The average Bonchev–Trinajstić information content (AvgIpc) is 2.71. The van der Waals surface area contributed by atoms with Gasteiger partial charge in [-0.2, -0.15) is 8.78 Å². The molecule has 0 radical (unpaired) electrons. The summed E-state index contributed by atoms with van der Waals surface area (Å²) in [5.41, 5.74) is 5.84.